The molecule has 2 unspecified atom stereocenters. The predicted octanol–water partition coefficient (Wildman–Crippen LogP) is 2.06. The zero-order chi connectivity index (χ0) is 19.4. The largest absolute Gasteiger partial charge is 0.350 e. The van der Waals surface area contributed by atoms with Crippen LogP contribution in [0.5, 0.6) is 0 Å². The maximum Gasteiger partial charge on any atom is 0.273 e. The SMILES string of the molecule is CC1CC(CNC(=O)c2n[nH]cc2NC(=O)c2c(F)cccc2F)CCN1. The summed E-state index contributed by atoms with van der Waals surface area (Å²) in [5, 5.41) is 14.8. The summed E-state index contributed by atoms with van der Waals surface area (Å²) in [6.45, 7) is 3.49. The molecule has 2 amide bonds. The molecular formula is C18H21F2N5O2. The summed E-state index contributed by atoms with van der Waals surface area (Å²) >= 11 is 0. The summed E-state index contributed by atoms with van der Waals surface area (Å²) in [6, 6.07) is 3.54. The van der Waals surface area contributed by atoms with E-state index in [-0.39, 0.29) is 11.4 Å². The lowest BCUT2D eigenvalue weighted by Gasteiger charge is -2.27. The molecule has 2 aromatic rings. The Hall–Kier alpha value is -2.81. The van der Waals surface area contributed by atoms with Crippen molar-refractivity contribution >= 4 is 17.5 Å². The number of nitrogens with zero attached hydrogens (tertiary/aromatic N) is 1. The van der Waals surface area contributed by atoms with E-state index in [1.54, 1.807) is 0 Å². The first-order valence-electron chi connectivity index (χ1n) is 8.76. The van der Waals surface area contributed by atoms with Crippen LogP contribution in [-0.2, 0) is 0 Å². The van der Waals surface area contributed by atoms with Crippen molar-refractivity contribution in [2.75, 3.05) is 18.4 Å². The average Bonchev–Trinajstić information content (AvgIpc) is 3.08. The second kappa shape index (κ2) is 8.26. The molecular weight excluding hydrogens is 356 g/mol. The van der Waals surface area contributed by atoms with Crippen LogP contribution in [0.4, 0.5) is 14.5 Å². The Morgan fingerprint density at radius 2 is 2.00 bits per heavy atom. The Morgan fingerprint density at radius 3 is 2.70 bits per heavy atom. The van der Waals surface area contributed by atoms with Crippen molar-refractivity contribution in [2.24, 2.45) is 5.92 Å². The highest BCUT2D eigenvalue weighted by Gasteiger charge is 2.23. The van der Waals surface area contributed by atoms with Gasteiger partial charge in [0.25, 0.3) is 11.8 Å². The van der Waals surface area contributed by atoms with E-state index in [4.69, 9.17) is 0 Å². The number of piperidine rings is 1. The summed E-state index contributed by atoms with van der Waals surface area (Å²) in [7, 11) is 0. The molecule has 1 aromatic heterocycles. The Kier molecular flexibility index (Phi) is 5.80. The number of amides is 2. The third-order valence-electron chi connectivity index (χ3n) is 4.58. The Bertz CT molecular complexity index is 819. The first-order valence-corrected chi connectivity index (χ1v) is 8.76. The molecule has 3 rings (SSSR count). The number of H-pyrrole nitrogens is 1. The fraction of sp³-hybridized carbons (Fsp3) is 0.389. The molecule has 7 nitrogen and oxygen atoms in total. The molecule has 0 spiro atoms. The van der Waals surface area contributed by atoms with Crippen molar-refractivity contribution in [2.45, 2.75) is 25.8 Å². The maximum absolute atomic E-state index is 13.7. The highest BCUT2D eigenvalue weighted by Crippen LogP contribution is 2.18. The van der Waals surface area contributed by atoms with Gasteiger partial charge < -0.3 is 16.0 Å². The van der Waals surface area contributed by atoms with Crippen molar-refractivity contribution in [1.29, 1.82) is 0 Å². The molecule has 1 fully saturated rings. The molecule has 1 aromatic carbocycles. The fourth-order valence-corrected chi connectivity index (χ4v) is 3.20. The monoisotopic (exact) mass is 377 g/mol. The van der Waals surface area contributed by atoms with Crippen LogP contribution in [0.25, 0.3) is 0 Å². The maximum atomic E-state index is 13.7. The Labute approximate surface area is 154 Å². The Morgan fingerprint density at radius 1 is 1.26 bits per heavy atom. The summed E-state index contributed by atoms with van der Waals surface area (Å²) in [4.78, 5) is 24.6. The van der Waals surface area contributed by atoms with Crippen LogP contribution < -0.4 is 16.0 Å². The second-order valence-electron chi connectivity index (χ2n) is 6.65. The molecule has 1 saturated heterocycles. The number of benzene rings is 1. The number of anilines is 1. The second-order valence-corrected chi connectivity index (χ2v) is 6.65. The molecule has 0 radical (unpaired) electrons. The molecule has 1 aliphatic heterocycles. The van der Waals surface area contributed by atoms with E-state index < -0.39 is 29.0 Å². The first kappa shape index (κ1) is 19.0. The van der Waals surface area contributed by atoms with Crippen LogP contribution in [0, 0.1) is 17.6 Å². The van der Waals surface area contributed by atoms with Gasteiger partial charge in [0.15, 0.2) is 5.69 Å². The number of aromatic amines is 1. The number of carbonyl (C=O) groups is 2. The minimum Gasteiger partial charge on any atom is -0.350 e. The van der Waals surface area contributed by atoms with Gasteiger partial charge in [-0.15, -0.1) is 0 Å². The van der Waals surface area contributed by atoms with E-state index in [0.717, 1.165) is 31.5 Å². The van der Waals surface area contributed by atoms with E-state index >= 15 is 0 Å². The van der Waals surface area contributed by atoms with Crippen LogP contribution in [0.3, 0.4) is 0 Å². The van der Waals surface area contributed by atoms with Gasteiger partial charge in [0.2, 0.25) is 0 Å². The minimum atomic E-state index is -0.992. The third-order valence-corrected chi connectivity index (χ3v) is 4.58. The number of carbonyl (C=O) groups excluding carboxylic acids is 2. The predicted molar refractivity (Wildman–Crippen MR) is 95.4 cm³/mol. The number of nitrogens with one attached hydrogen (secondary N) is 4. The third kappa shape index (κ3) is 4.48. The zero-order valence-electron chi connectivity index (χ0n) is 14.8. The van der Waals surface area contributed by atoms with Crippen LogP contribution in [0.15, 0.2) is 24.4 Å². The van der Waals surface area contributed by atoms with E-state index in [0.29, 0.717) is 18.5 Å². The van der Waals surface area contributed by atoms with Crippen molar-refractivity contribution in [3.05, 3.63) is 47.3 Å². The number of aromatic nitrogens is 2. The lowest BCUT2D eigenvalue weighted by atomic mass is 9.93. The van der Waals surface area contributed by atoms with Crippen LogP contribution >= 0.6 is 0 Å². The fourth-order valence-electron chi connectivity index (χ4n) is 3.20. The molecule has 27 heavy (non-hydrogen) atoms. The van der Waals surface area contributed by atoms with Crippen LogP contribution in [0.2, 0.25) is 0 Å². The van der Waals surface area contributed by atoms with Gasteiger partial charge in [0.1, 0.15) is 17.2 Å². The lowest BCUT2D eigenvalue weighted by Crippen LogP contribution is -2.40. The topological polar surface area (TPSA) is 98.9 Å². The summed E-state index contributed by atoms with van der Waals surface area (Å²) in [5.74, 6) is -3.07. The van der Waals surface area contributed by atoms with Crippen LogP contribution in [0.1, 0.15) is 40.6 Å². The van der Waals surface area contributed by atoms with E-state index in [9.17, 15) is 18.4 Å². The van der Waals surface area contributed by atoms with Gasteiger partial charge in [-0.25, -0.2) is 8.78 Å². The van der Waals surface area contributed by atoms with Gasteiger partial charge in [-0.2, -0.15) is 5.10 Å². The summed E-state index contributed by atoms with van der Waals surface area (Å²) < 4.78 is 27.5. The molecule has 0 aliphatic carbocycles. The quantitative estimate of drug-likeness (QED) is 0.641. The molecule has 4 N–H and O–H groups in total. The Balaban J connectivity index is 1.65. The van der Waals surface area contributed by atoms with Gasteiger partial charge in [-0.1, -0.05) is 6.07 Å². The normalized spacial score (nSPS) is 19.5. The highest BCUT2D eigenvalue weighted by molar-refractivity contribution is 6.08. The van der Waals surface area contributed by atoms with E-state index in [1.165, 1.54) is 12.3 Å². The number of rotatable bonds is 5. The van der Waals surface area contributed by atoms with Crippen molar-refractivity contribution in [3.63, 3.8) is 0 Å². The molecule has 2 heterocycles. The molecule has 1 aliphatic rings. The van der Waals surface area contributed by atoms with E-state index in [2.05, 4.69) is 33.1 Å². The van der Waals surface area contributed by atoms with Crippen molar-refractivity contribution < 1.29 is 18.4 Å². The zero-order valence-corrected chi connectivity index (χ0v) is 14.8. The van der Waals surface area contributed by atoms with Gasteiger partial charge in [-0.05, 0) is 44.4 Å². The molecule has 9 heteroatoms. The highest BCUT2D eigenvalue weighted by atomic mass is 19.1. The number of hydrogen-bond acceptors (Lipinski definition) is 4. The minimum absolute atomic E-state index is 0.0397. The number of halogens is 2. The standard InChI is InChI=1S/C18H21F2N5O2/c1-10-7-11(5-6-21-10)8-22-18(27)16-14(9-23-25-16)24-17(26)15-12(19)3-2-4-13(15)20/h2-4,9-11,21H,5-8H2,1H3,(H,22,27)(H,23,25)(H,24,26). The van der Waals surface area contributed by atoms with Crippen molar-refractivity contribution in [1.82, 2.24) is 20.8 Å². The van der Waals surface area contributed by atoms with Gasteiger partial charge >= 0.3 is 0 Å². The summed E-state index contributed by atoms with van der Waals surface area (Å²) in [5.41, 5.74) is -0.699. The van der Waals surface area contributed by atoms with Crippen LogP contribution in [-0.4, -0.2) is 41.1 Å². The lowest BCUT2D eigenvalue weighted by molar-refractivity contribution is 0.0938. The van der Waals surface area contributed by atoms with E-state index in [1.807, 2.05) is 0 Å². The molecule has 0 bridgehead atoms. The average molecular weight is 377 g/mol. The van der Waals surface area contributed by atoms with Gasteiger partial charge in [0.05, 0.1) is 5.69 Å². The molecule has 144 valence electrons. The smallest absolute Gasteiger partial charge is 0.273 e. The molecule has 2 atom stereocenters. The van der Waals surface area contributed by atoms with Gasteiger partial charge in [-0.3, -0.25) is 14.7 Å². The number of hydrogen-bond donors (Lipinski definition) is 4. The first-order chi connectivity index (χ1) is 13.0. The van der Waals surface area contributed by atoms with Crippen molar-refractivity contribution in [3.8, 4) is 0 Å². The van der Waals surface area contributed by atoms with Gasteiger partial charge in [0, 0.05) is 18.8 Å². The molecule has 0 saturated carbocycles. The summed E-state index contributed by atoms with van der Waals surface area (Å²) in [6.07, 6.45) is 3.20.